The molecule has 0 spiro atoms. The number of hydrogen-bond donors (Lipinski definition) is 1. The maximum absolute atomic E-state index is 9.35. The monoisotopic (exact) mass is 192 g/mol. The maximum Gasteiger partial charge on any atom is 0.451 e. The second-order valence-corrected chi connectivity index (χ2v) is 9.31. The quantitative estimate of drug-likeness (QED) is 0.530. The van der Waals surface area contributed by atoms with Gasteiger partial charge in [-0.2, -0.15) is 0 Å². The molecule has 0 bridgehead atoms. The Labute approximate surface area is 66.1 Å². The second-order valence-electron chi connectivity index (χ2n) is 2.63. The lowest BCUT2D eigenvalue weighted by Gasteiger charge is -2.21. The topological polar surface area (TPSA) is 38.7 Å². The van der Waals surface area contributed by atoms with E-state index in [1.54, 1.807) is 0 Å². The van der Waals surface area contributed by atoms with E-state index in [0.717, 1.165) is 0 Å². The van der Waals surface area contributed by atoms with Crippen LogP contribution in [0.5, 0.6) is 0 Å². The number of aliphatic hydroxyl groups excluding tert-OH is 1. The van der Waals surface area contributed by atoms with E-state index < -0.39 is 27.7 Å². The van der Waals surface area contributed by atoms with Crippen LogP contribution in [0.1, 0.15) is 0 Å². The Morgan fingerprint density at radius 3 is 2.50 bits per heavy atom. The van der Waals surface area contributed by atoms with Gasteiger partial charge >= 0.3 is 18.9 Å². The molecule has 1 heterocycles. The Hall–Kier alpha value is 0.0806. The second kappa shape index (κ2) is 3.47. The van der Waals surface area contributed by atoms with Crippen LogP contribution in [0.25, 0.3) is 0 Å². The highest BCUT2D eigenvalue weighted by Crippen LogP contribution is 1.93. The van der Waals surface area contributed by atoms with Crippen molar-refractivity contribution < 1.29 is 13.3 Å². The van der Waals surface area contributed by atoms with Crippen LogP contribution in [0.15, 0.2) is 0 Å². The fraction of sp³-hybridized carbons (Fsp3) is 0.750. The summed E-state index contributed by atoms with van der Waals surface area (Å²) in [5.74, 6) is 0. The van der Waals surface area contributed by atoms with E-state index in [-0.39, 0.29) is 5.73 Å². The van der Waals surface area contributed by atoms with E-state index >= 15 is 0 Å². The van der Waals surface area contributed by atoms with Gasteiger partial charge in [-0.3, -0.25) is 0 Å². The van der Waals surface area contributed by atoms with Crippen LogP contribution >= 0.6 is 0 Å². The summed E-state index contributed by atoms with van der Waals surface area (Å²) < 4.78 is 10.4. The smallest absolute Gasteiger partial charge is 0.451 e. The SMILES string of the molecule is C[SiH](C)C(O)C=[Si]1O[SiH2]O1. The molecule has 1 saturated heterocycles. The summed E-state index contributed by atoms with van der Waals surface area (Å²) in [7, 11) is -2.58. The van der Waals surface area contributed by atoms with Crippen molar-refractivity contribution in [3.05, 3.63) is 0 Å². The lowest BCUT2D eigenvalue weighted by atomic mass is 10.9. The van der Waals surface area contributed by atoms with E-state index in [2.05, 4.69) is 13.1 Å². The molecule has 6 heteroatoms. The fourth-order valence-corrected chi connectivity index (χ4v) is 4.63. The number of aliphatic hydroxyl groups is 1. The molecule has 0 amide bonds. The Morgan fingerprint density at radius 2 is 2.20 bits per heavy atom. The van der Waals surface area contributed by atoms with Crippen molar-refractivity contribution in [2.24, 2.45) is 0 Å². The average Bonchev–Trinajstić information content (AvgIpc) is 1.77. The molecule has 1 aliphatic rings. The summed E-state index contributed by atoms with van der Waals surface area (Å²) >= 11 is 0. The van der Waals surface area contributed by atoms with Crippen molar-refractivity contribution in [2.45, 2.75) is 18.8 Å². The zero-order valence-electron chi connectivity index (χ0n) is 6.20. The Bertz CT molecular complexity index is 141. The van der Waals surface area contributed by atoms with Gasteiger partial charge in [-0.05, 0) is 5.67 Å². The van der Waals surface area contributed by atoms with Crippen molar-refractivity contribution >= 4 is 33.4 Å². The van der Waals surface area contributed by atoms with E-state index in [4.69, 9.17) is 8.23 Å². The zero-order valence-corrected chi connectivity index (χ0v) is 9.77. The first-order valence-corrected chi connectivity index (χ1v) is 8.88. The third-order valence-corrected chi connectivity index (χ3v) is 7.17. The molecule has 10 heavy (non-hydrogen) atoms. The summed E-state index contributed by atoms with van der Waals surface area (Å²) in [5, 5.41) is 9.35. The minimum Gasteiger partial charge on any atom is -0.556 e. The highest BCUT2D eigenvalue weighted by Gasteiger charge is 2.18. The van der Waals surface area contributed by atoms with E-state index in [9.17, 15) is 5.11 Å². The van der Waals surface area contributed by atoms with Crippen LogP contribution in [0.3, 0.4) is 0 Å². The molecule has 1 N–H and O–H groups in total. The molecule has 1 rings (SSSR count). The molecular formula is C4H12O3Si3. The van der Waals surface area contributed by atoms with Crippen molar-refractivity contribution in [3.8, 4) is 0 Å². The zero-order chi connectivity index (χ0) is 7.56. The standard InChI is InChI=1S/C4H12O3Si3/c1-9(2)4(5)3-10-6-8-7-10/h3-5,9H,8H2,1-2H3. The normalized spacial score (nSPS) is 21.4. The van der Waals surface area contributed by atoms with Crippen molar-refractivity contribution in [1.82, 2.24) is 0 Å². The summed E-state index contributed by atoms with van der Waals surface area (Å²) in [6, 6.07) is 0. The molecule has 0 aromatic rings. The fourth-order valence-electron chi connectivity index (χ4n) is 0.555. The summed E-state index contributed by atoms with van der Waals surface area (Å²) in [5.41, 5.74) is 1.64. The summed E-state index contributed by atoms with van der Waals surface area (Å²) in [6.07, 6.45) is 0. The summed E-state index contributed by atoms with van der Waals surface area (Å²) in [6.45, 7) is 4.22. The first-order chi connectivity index (χ1) is 4.70. The highest BCUT2D eigenvalue weighted by atomic mass is 28.4. The van der Waals surface area contributed by atoms with Crippen molar-refractivity contribution in [3.63, 3.8) is 0 Å². The van der Waals surface area contributed by atoms with Crippen LogP contribution in [-0.4, -0.2) is 44.2 Å². The molecule has 1 unspecified atom stereocenters. The van der Waals surface area contributed by atoms with Gasteiger partial charge in [-0.25, -0.2) is 0 Å². The van der Waals surface area contributed by atoms with Crippen LogP contribution in [0.4, 0.5) is 0 Å². The third-order valence-electron chi connectivity index (χ3n) is 1.39. The van der Waals surface area contributed by atoms with Gasteiger partial charge in [0, 0.05) is 0 Å². The summed E-state index contributed by atoms with van der Waals surface area (Å²) in [4.78, 5) is 0. The van der Waals surface area contributed by atoms with E-state index in [0.29, 0.717) is 0 Å². The van der Waals surface area contributed by atoms with E-state index in [1.807, 2.05) is 5.67 Å². The van der Waals surface area contributed by atoms with Crippen LogP contribution in [0.2, 0.25) is 13.1 Å². The van der Waals surface area contributed by atoms with Gasteiger partial charge in [0.2, 0.25) is 0 Å². The first-order valence-electron chi connectivity index (χ1n) is 3.35. The average molecular weight is 192 g/mol. The lowest BCUT2D eigenvalue weighted by Crippen LogP contribution is -2.39. The Balaban J connectivity index is 2.35. The van der Waals surface area contributed by atoms with Crippen LogP contribution < -0.4 is 0 Å². The molecule has 3 nitrogen and oxygen atoms in total. The molecule has 0 aliphatic carbocycles. The molecule has 1 aliphatic heterocycles. The first kappa shape index (κ1) is 8.18. The van der Waals surface area contributed by atoms with Gasteiger partial charge in [-0.15, -0.1) is 0 Å². The largest absolute Gasteiger partial charge is 0.556 e. The van der Waals surface area contributed by atoms with Crippen molar-refractivity contribution in [1.29, 1.82) is 0 Å². The number of rotatable bonds is 2. The Kier molecular flexibility index (Phi) is 2.83. The minimum absolute atomic E-state index is 0.219. The van der Waals surface area contributed by atoms with Gasteiger partial charge in [0.15, 0.2) is 0 Å². The maximum atomic E-state index is 9.35. The van der Waals surface area contributed by atoms with Gasteiger partial charge in [0.25, 0.3) is 0 Å². The molecule has 58 valence electrons. The molecule has 0 aromatic heterocycles. The molecule has 0 aromatic carbocycles. The molecular weight excluding hydrogens is 180 g/mol. The van der Waals surface area contributed by atoms with Gasteiger partial charge in [-0.1, -0.05) is 13.1 Å². The van der Waals surface area contributed by atoms with Crippen LogP contribution in [-0.2, 0) is 8.23 Å². The minimum atomic E-state index is -1.07. The van der Waals surface area contributed by atoms with Gasteiger partial charge in [0.05, 0.1) is 14.5 Å². The van der Waals surface area contributed by atoms with Gasteiger partial charge in [0.1, 0.15) is 0 Å². The molecule has 1 fully saturated rings. The highest BCUT2D eigenvalue weighted by molar-refractivity contribution is 6.74. The predicted octanol–water partition coefficient (Wildman–Crippen LogP) is -1.71. The van der Waals surface area contributed by atoms with Crippen molar-refractivity contribution in [2.75, 3.05) is 0 Å². The van der Waals surface area contributed by atoms with Gasteiger partial charge < -0.3 is 13.3 Å². The Morgan fingerprint density at radius 1 is 1.60 bits per heavy atom. The lowest BCUT2D eigenvalue weighted by molar-refractivity contribution is 0.310. The number of hydrogen-bond acceptors (Lipinski definition) is 3. The van der Waals surface area contributed by atoms with E-state index in [1.165, 1.54) is 0 Å². The molecule has 0 radical (unpaired) electrons. The molecule has 1 atom stereocenters. The van der Waals surface area contributed by atoms with Crippen LogP contribution in [0, 0.1) is 0 Å². The predicted molar refractivity (Wildman–Crippen MR) is 47.4 cm³/mol. The third kappa shape index (κ3) is 2.04. The molecule has 0 saturated carbocycles.